The summed E-state index contributed by atoms with van der Waals surface area (Å²) in [6.45, 7) is 3.88. The van der Waals surface area contributed by atoms with E-state index in [0.717, 1.165) is 18.7 Å². The number of ether oxygens (including phenoxy) is 1. The van der Waals surface area contributed by atoms with Gasteiger partial charge in [0.05, 0.1) is 15.8 Å². The summed E-state index contributed by atoms with van der Waals surface area (Å²) in [6, 6.07) is 16.6. The zero-order valence-corrected chi connectivity index (χ0v) is 17.8. The van der Waals surface area contributed by atoms with Gasteiger partial charge in [0.25, 0.3) is 0 Å². The summed E-state index contributed by atoms with van der Waals surface area (Å²) in [7, 11) is -2.74. The van der Waals surface area contributed by atoms with Crippen LogP contribution in [-0.2, 0) is 29.4 Å². The minimum atomic E-state index is -2.74. The van der Waals surface area contributed by atoms with Crippen LogP contribution in [0.5, 0.6) is 5.75 Å². The SMILES string of the molecule is CC(c1cc(=O)c(OCc2ccc(S(C)(=N)=O)cc2)co1)N1Cc2ccccc2C1. The largest absolute Gasteiger partial charge is 0.482 e. The van der Waals surface area contributed by atoms with E-state index in [-0.39, 0.29) is 23.8 Å². The van der Waals surface area contributed by atoms with E-state index >= 15 is 0 Å². The highest BCUT2D eigenvalue weighted by Gasteiger charge is 2.25. The van der Waals surface area contributed by atoms with Crippen LogP contribution in [0.2, 0.25) is 0 Å². The van der Waals surface area contributed by atoms with Crippen LogP contribution in [0.3, 0.4) is 0 Å². The summed E-state index contributed by atoms with van der Waals surface area (Å²) in [6.07, 6.45) is 2.75. The van der Waals surface area contributed by atoms with Crippen molar-refractivity contribution in [3.8, 4) is 5.75 Å². The molecule has 1 N–H and O–H groups in total. The maximum absolute atomic E-state index is 12.5. The fraction of sp³-hybridized carbons (Fsp3) is 0.261. The lowest BCUT2D eigenvalue weighted by Crippen LogP contribution is -2.22. The minimum absolute atomic E-state index is 0.0273. The Labute approximate surface area is 176 Å². The molecule has 2 atom stereocenters. The first-order valence-electron chi connectivity index (χ1n) is 9.70. The van der Waals surface area contributed by atoms with E-state index < -0.39 is 9.73 Å². The van der Waals surface area contributed by atoms with Gasteiger partial charge in [-0.05, 0) is 35.7 Å². The fourth-order valence-corrected chi connectivity index (χ4v) is 4.21. The molecule has 156 valence electrons. The molecule has 30 heavy (non-hydrogen) atoms. The molecule has 0 fully saturated rings. The van der Waals surface area contributed by atoms with Crippen molar-refractivity contribution in [2.24, 2.45) is 0 Å². The monoisotopic (exact) mass is 424 g/mol. The number of fused-ring (bicyclic) bond motifs is 1. The Hall–Kier alpha value is -2.90. The smallest absolute Gasteiger partial charge is 0.227 e. The first-order valence-corrected chi connectivity index (χ1v) is 11.7. The third-order valence-corrected chi connectivity index (χ3v) is 6.58. The molecule has 2 aromatic carbocycles. The van der Waals surface area contributed by atoms with Crippen molar-refractivity contribution in [2.45, 2.75) is 37.6 Å². The van der Waals surface area contributed by atoms with Crippen molar-refractivity contribution >= 4 is 9.73 Å². The fourth-order valence-electron chi connectivity index (χ4n) is 3.56. The molecule has 3 aromatic rings. The van der Waals surface area contributed by atoms with Gasteiger partial charge in [0.2, 0.25) is 11.2 Å². The molecule has 0 saturated heterocycles. The number of rotatable bonds is 6. The molecule has 0 bridgehead atoms. The molecule has 1 aliphatic heterocycles. The molecular weight excluding hydrogens is 400 g/mol. The number of nitrogens with zero attached hydrogens (tertiary/aromatic N) is 1. The summed E-state index contributed by atoms with van der Waals surface area (Å²) in [4.78, 5) is 15.3. The summed E-state index contributed by atoms with van der Waals surface area (Å²) in [5, 5.41) is 0. The van der Waals surface area contributed by atoms with E-state index in [9.17, 15) is 9.00 Å². The van der Waals surface area contributed by atoms with Gasteiger partial charge in [-0.15, -0.1) is 0 Å². The lowest BCUT2D eigenvalue weighted by atomic mass is 10.1. The van der Waals surface area contributed by atoms with Crippen molar-refractivity contribution in [1.82, 2.24) is 4.90 Å². The lowest BCUT2D eigenvalue weighted by Gasteiger charge is -2.22. The second-order valence-corrected chi connectivity index (χ2v) is 9.80. The first kappa shape index (κ1) is 20.4. The highest BCUT2D eigenvalue weighted by Crippen LogP contribution is 2.30. The molecule has 0 saturated carbocycles. The third kappa shape index (κ3) is 4.32. The topological polar surface area (TPSA) is 83.6 Å². The Bertz CT molecular complexity index is 1190. The molecule has 4 rings (SSSR count). The molecule has 0 aliphatic carbocycles. The number of nitrogens with one attached hydrogen (secondary N) is 1. The summed E-state index contributed by atoms with van der Waals surface area (Å²) in [5.41, 5.74) is 3.21. The van der Waals surface area contributed by atoms with Gasteiger partial charge < -0.3 is 9.15 Å². The quantitative estimate of drug-likeness (QED) is 0.637. The van der Waals surface area contributed by atoms with Crippen molar-refractivity contribution in [1.29, 1.82) is 4.78 Å². The van der Waals surface area contributed by atoms with E-state index in [2.05, 4.69) is 17.0 Å². The van der Waals surface area contributed by atoms with Gasteiger partial charge in [-0.3, -0.25) is 9.69 Å². The molecule has 0 spiro atoms. The molecule has 7 heteroatoms. The minimum Gasteiger partial charge on any atom is -0.482 e. The molecule has 1 aliphatic rings. The number of hydrogen-bond acceptors (Lipinski definition) is 6. The van der Waals surface area contributed by atoms with Crippen LogP contribution >= 0.6 is 0 Å². The maximum Gasteiger partial charge on any atom is 0.227 e. The Kier molecular flexibility index (Phi) is 5.49. The Balaban J connectivity index is 1.42. The van der Waals surface area contributed by atoms with Gasteiger partial charge in [-0.25, -0.2) is 8.99 Å². The second kappa shape index (κ2) is 8.08. The van der Waals surface area contributed by atoms with Crippen molar-refractivity contribution in [3.63, 3.8) is 0 Å². The van der Waals surface area contributed by atoms with Crippen LogP contribution in [0.25, 0.3) is 0 Å². The van der Waals surface area contributed by atoms with Gasteiger partial charge in [-0.2, -0.15) is 0 Å². The predicted molar refractivity (Wildman–Crippen MR) is 115 cm³/mol. The lowest BCUT2D eigenvalue weighted by molar-refractivity contribution is 0.185. The molecule has 2 heterocycles. The van der Waals surface area contributed by atoms with Crippen LogP contribution < -0.4 is 10.2 Å². The van der Waals surface area contributed by atoms with Gasteiger partial charge in [-0.1, -0.05) is 36.4 Å². The number of benzene rings is 2. The zero-order chi connectivity index (χ0) is 21.3. The standard InChI is InChI=1S/C23H24N2O4S/c1-16(25-12-18-5-3-4-6-19(18)13-25)22-11-21(26)23(15-29-22)28-14-17-7-9-20(10-8-17)30(2,24)27/h3-11,15-16,24H,12-14H2,1-2H3. The van der Waals surface area contributed by atoms with Crippen molar-refractivity contribution in [2.75, 3.05) is 6.26 Å². The van der Waals surface area contributed by atoms with Gasteiger partial charge in [0, 0.05) is 30.3 Å². The Morgan fingerprint density at radius 1 is 1.13 bits per heavy atom. The van der Waals surface area contributed by atoms with Gasteiger partial charge in [0.15, 0.2) is 0 Å². The third-order valence-electron chi connectivity index (χ3n) is 5.41. The molecule has 6 nitrogen and oxygen atoms in total. The molecular formula is C23H24N2O4S. The van der Waals surface area contributed by atoms with Crippen LogP contribution in [0.1, 0.15) is 35.4 Å². The summed E-state index contributed by atoms with van der Waals surface area (Å²) in [5.74, 6) is 0.761. The zero-order valence-electron chi connectivity index (χ0n) is 17.0. The normalized spacial score (nSPS) is 16.6. The summed E-state index contributed by atoms with van der Waals surface area (Å²) >= 11 is 0. The molecule has 0 amide bonds. The van der Waals surface area contributed by atoms with E-state index in [1.54, 1.807) is 24.3 Å². The van der Waals surface area contributed by atoms with Gasteiger partial charge >= 0.3 is 0 Å². The second-order valence-electron chi connectivity index (χ2n) is 7.64. The van der Waals surface area contributed by atoms with E-state index in [1.165, 1.54) is 29.7 Å². The van der Waals surface area contributed by atoms with E-state index in [4.69, 9.17) is 13.9 Å². The Morgan fingerprint density at radius 3 is 2.33 bits per heavy atom. The van der Waals surface area contributed by atoms with Crippen LogP contribution in [0.15, 0.2) is 75.0 Å². The highest BCUT2D eigenvalue weighted by molar-refractivity contribution is 7.91. The highest BCUT2D eigenvalue weighted by atomic mass is 32.2. The average Bonchev–Trinajstić information content (AvgIpc) is 3.16. The van der Waals surface area contributed by atoms with Crippen LogP contribution in [-0.4, -0.2) is 15.4 Å². The molecule has 0 radical (unpaired) electrons. The van der Waals surface area contributed by atoms with E-state index in [0.29, 0.717) is 10.7 Å². The number of hydrogen-bond donors (Lipinski definition) is 1. The van der Waals surface area contributed by atoms with Crippen LogP contribution in [0.4, 0.5) is 0 Å². The average molecular weight is 425 g/mol. The predicted octanol–water partition coefficient (Wildman–Crippen LogP) is 4.33. The van der Waals surface area contributed by atoms with Crippen molar-refractivity contribution < 1.29 is 13.4 Å². The first-order chi connectivity index (χ1) is 14.3. The summed E-state index contributed by atoms with van der Waals surface area (Å²) < 4.78 is 30.7. The maximum atomic E-state index is 12.5. The van der Waals surface area contributed by atoms with Gasteiger partial charge in [0.1, 0.15) is 18.6 Å². The van der Waals surface area contributed by atoms with Crippen molar-refractivity contribution in [3.05, 3.63) is 93.5 Å². The molecule has 1 aromatic heterocycles. The Morgan fingerprint density at radius 2 is 1.77 bits per heavy atom. The van der Waals surface area contributed by atoms with E-state index in [1.807, 2.05) is 19.1 Å². The van der Waals surface area contributed by atoms with Crippen LogP contribution in [0, 0.1) is 4.78 Å². The molecule has 2 unspecified atom stereocenters.